The number of hydrogen-bond donors (Lipinski definition) is 1. The van der Waals surface area contributed by atoms with Gasteiger partial charge in [-0.3, -0.25) is 9.97 Å². The van der Waals surface area contributed by atoms with Crippen LogP contribution in [0.4, 0.5) is 0 Å². The molecule has 3 heterocycles. The van der Waals surface area contributed by atoms with Crippen molar-refractivity contribution in [2.75, 3.05) is 0 Å². The average Bonchev–Trinajstić information content (AvgIpc) is 3.10. The normalized spacial score (nSPS) is 11.0. The van der Waals surface area contributed by atoms with Gasteiger partial charge in [0.25, 0.3) is 0 Å². The van der Waals surface area contributed by atoms with E-state index in [1.54, 1.807) is 16.9 Å². The molecule has 1 N–H and O–H groups in total. The molecule has 0 unspecified atom stereocenters. The van der Waals surface area contributed by atoms with Crippen LogP contribution < -0.4 is 0 Å². The fourth-order valence-corrected chi connectivity index (χ4v) is 2.62. The second-order valence-electron chi connectivity index (χ2n) is 5.52. The Labute approximate surface area is 138 Å². The lowest BCUT2D eigenvalue weighted by atomic mass is 10.1. The van der Waals surface area contributed by atoms with E-state index in [0.29, 0.717) is 12.2 Å². The third-order valence-electron chi connectivity index (χ3n) is 3.83. The summed E-state index contributed by atoms with van der Waals surface area (Å²) >= 11 is 0. The maximum absolute atomic E-state index is 9.17. The zero-order chi connectivity index (χ0) is 16.4. The molecule has 0 saturated heterocycles. The summed E-state index contributed by atoms with van der Waals surface area (Å²) in [6.07, 6.45) is 5.52. The van der Waals surface area contributed by atoms with Gasteiger partial charge in [0, 0.05) is 23.3 Å². The SMILES string of the molecule is OCc1cccc(Cn2cc(-c3ccc4cnccc4c3)nn2)n1. The predicted molar refractivity (Wildman–Crippen MR) is 90.0 cm³/mol. The van der Waals surface area contributed by atoms with Gasteiger partial charge in [-0.25, -0.2) is 4.68 Å². The van der Waals surface area contributed by atoms with E-state index in [4.69, 9.17) is 5.11 Å². The largest absolute Gasteiger partial charge is 0.390 e. The van der Waals surface area contributed by atoms with Crippen LogP contribution in [-0.2, 0) is 13.2 Å². The molecule has 0 amide bonds. The monoisotopic (exact) mass is 317 g/mol. The van der Waals surface area contributed by atoms with Crippen molar-refractivity contribution in [3.63, 3.8) is 0 Å². The van der Waals surface area contributed by atoms with Gasteiger partial charge >= 0.3 is 0 Å². The van der Waals surface area contributed by atoms with Crippen LogP contribution in [0.15, 0.2) is 61.1 Å². The first-order chi connectivity index (χ1) is 11.8. The maximum atomic E-state index is 9.17. The summed E-state index contributed by atoms with van der Waals surface area (Å²) in [6.45, 7) is 0.445. The second-order valence-corrected chi connectivity index (χ2v) is 5.52. The molecule has 0 aliphatic heterocycles. The molecule has 0 aliphatic carbocycles. The average molecular weight is 317 g/mol. The quantitative estimate of drug-likeness (QED) is 0.625. The van der Waals surface area contributed by atoms with Crippen molar-refractivity contribution in [2.45, 2.75) is 13.2 Å². The Morgan fingerprint density at radius 3 is 2.83 bits per heavy atom. The fraction of sp³-hybridized carbons (Fsp3) is 0.111. The van der Waals surface area contributed by atoms with Gasteiger partial charge in [-0.05, 0) is 29.7 Å². The molecule has 4 rings (SSSR count). The molecule has 0 bridgehead atoms. The van der Waals surface area contributed by atoms with E-state index in [0.717, 1.165) is 27.7 Å². The first-order valence-electron chi connectivity index (χ1n) is 7.62. The number of aromatic nitrogens is 5. The van der Waals surface area contributed by atoms with E-state index >= 15 is 0 Å². The highest BCUT2D eigenvalue weighted by molar-refractivity contribution is 5.85. The minimum absolute atomic E-state index is 0.0671. The van der Waals surface area contributed by atoms with Crippen molar-refractivity contribution in [2.24, 2.45) is 0 Å². The smallest absolute Gasteiger partial charge is 0.113 e. The van der Waals surface area contributed by atoms with E-state index < -0.39 is 0 Å². The molecule has 24 heavy (non-hydrogen) atoms. The minimum atomic E-state index is -0.0671. The van der Waals surface area contributed by atoms with Crippen molar-refractivity contribution >= 4 is 10.8 Å². The number of fused-ring (bicyclic) bond motifs is 1. The Balaban J connectivity index is 1.61. The molecule has 0 fully saturated rings. The molecule has 0 radical (unpaired) electrons. The van der Waals surface area contributed by atoms with Crippen LogP contribution in [-0.4, -0.2) is 30.1 Å². The molecule has 0 saturated carbocycles. The number of nitrogens with zero attached hydrogens (tertiary/aromatic N) is 5. The van der Waals surface area contributed by atoms with Gasteiger partial charge in [-0.1, -0.05) is 23.4 Å². The van der Waals surface area contributed by atoms with Gasteiger partial charge in [-0.15, -0.1) is 5.10 Å². The second kappa shape index (κ2) is 6.17. The van der Waals surface area contributed by atoms with Crippen LogP contribution in [0.5, 0.6) is 0 Å². The van der Waals surface area contributed by atoms with Crippen LogP contribution in [0.1, 0.15) is 11.4 Å². The molecule has 118 valence electrons. The number of benzene rings is 1. The van der Waals surface area contributed by atoms with Crippen molar-refractivity contribution in [3.8, 4) is 11.3 Å². The third-order valence-corrected chi connectivity index (χ3v) is 3.83. The molecular formula is C18H15N5O. The van der Waals surface area contributed by atoms with Crippen LogP contribution in [0.25, 0.3) is 22.0 Å². The highest BCUT2D eigenvalue weighted by Gasteiger charge is 2.06. The molecule has 0 spiro atoms. The highest BCUT2D eigenvalue weighted by atomic mass is 16.3. The van der Waals surface area contributed by atoms with E-state index in [1.807, 2.05) is 42.7 Å². The van der Waals surface area contributed by atoms with E-state index in [-0.39, 0.29) is 6.61 Å². The fourth-order valence-electron chi connectivity index (χ4n) is 2.62. The molecule has 6 nitrogen and oxygen atoms in total. The Kier molecular flexibility index (Phi) is 3.72. The Morgan fingerprint density at radius 1 is 1.00 bits per heavy atom. The molecule has 0 aliphatic rings. The van der Waals surface area contributed by atoms with E-state index in [9.17, 15) is 0 Å². The van der Waals surface area contributed by atoms with Crippen molar-refractivity contribution in [1.29, 1.82) is 0 Å². The number of aliphatic hydroxyl groups excluding tert-OH is 1. The van der Waals surface area contributed by atoms with Gasteiger partial charge in [-0.2, -0.15) is 0 Å². The molecular weight excluding hydrogens is 302 g/mol. The van der Waals surface area contributed by atoms with E-state index in [2.05, 4.69) is 26.3 Å². The molecule has 1 aromatic carbocycles. The van der Waals surface area contributed by atoms with Crippen molar-refractivity contribution < 1.29 is 5.11 Å². The summed E-state index contributed by atoms with van der Waals surface area (Å²) in [6, 6.07) is 13.7. The van der Waals surface area contributed by atoms with Gasteiger partial charge < -0.3 is 5.11 Å². The van der Waals surface area contributed by atoms with Gasteiger partial charge in [0.05, 0.1) is 30.7 Å². The van der Waals surface area contributed by atoms with Gasteiger partial charge in [0.2, 0.25) is 0 Å². The van der Waals surface area contributed by atoms with Crippen LogP contribution in [0.3, 0.4) is 0 Å². The third kappa shape index (κ3) is 2.87. The van der Waals surface area contributed by atoms with Crippen molar-refractivity contribution in [1.82, 2.24) is 25.0 Å². The summed E-state index contributed by atoms with van der Waals surface area (Å²) in [5, 5.41) is 19.8. The van der Waals surface area contributed by atoms with Crippen molar-refractivity contribution in [3.05, 3.63) is 72.4 Å². The highest BCUT2D eigenvalue weighted by Crippen LogP contribution is 2.22. The maximum Gasteiger partial charge on any atom is 0.113 e. The summed E-state index contributed by atoms with van der Waals surface area (Å²) in [5.41, 5.74) is 3.31. The number of rotatable bonds is 4. The summed E-state index contributed by atoms with van der Waals surface area (Å²) in [4.78, 5) is 8.49. The first-order valence-corrected chi connectivity index (χ1v) is 7.62. The van der Waals surface area contributed by atoms with Gasteiger partial charge in [0.15, 0.2) is 0 Å². The summed E-state index contributed by atoms with van der Waals surface area (Å²) in [7, 11) is 0. The number of hydrogen-bond acceptors (Lipinski definition) is 5. The Hall–Kier alpha value is -3.12. The number of pyridine rings is 2. The summed E-state index contributed by atoms with van der Waals surface area (Å²) in [5.74, 6) is 0. The standard InChI is InChI=1S/C18H15N5O/c24-12-17-3-1-2-16(20-17)10-23-11-18(21-22-23)14-4-5-15-9-19-7-6-13(15)8-14/h1-9,11,24H,10,12H2. The van der Waals surface area contributed by atoms with Crippen LogP contribution in [0, 0.1) is 0 Å². The first kappa shape index (κ1) is 14.5. The predicted octanol–water partition coefficient (Wildman–Crippen LogP) is 2.43. The lowest BCUT2D eigenvalue weighted by Gasteiger charge is -2.02. The van der Waals surface area contributed by atoms with Crippen LogP contribution in [0.2, 0.25) is 0 Å². The Bertz CT molecular complexity index is 995. The zero-order valence-corrected chi connectivity index (χ0v) is 12.9. The summed E-state index contributed by atoms with van der Waals surface area (Å²) < 4.78 is 1.75. The lowest BCUT2D eigenvalue weighted by Crippen LogP contribution is -2.04. The topological polar surface area (TPSA) is 76.7 Å². The molecule has 3 aromatic heterocycles. The van der Waals surface area contributed by atoms with Gasteiger partial charge in [0.1, 0.15) is 5.69 Å². The van der Waals surface area contributed by atoms with Crippen LogP contribution >= 0.6 is 0 Å². The van der Waals surface area contributed by atoms with E-state index in [1.165, 1.54) is 0 Å². The Morgan fingerprint density at radius 2 is 1.92 bits per heavy atom. The molecule has 0 atom stereocenters. The number of aliphatic hydroxyl groups is 1. The molecule has 6 heteroatoms. The molecule has 4 aromatic rings. The lowest BCUT2D eigenvalue weighted by molar-refractivity contribution is 0.276. The minimum Gasteiger partial charge on any atom is -0.390 e. The zero-order valence-electron chi connectivity index (χ0n) is 12.9.